The highest BCUT2D eigenvalue weighted by molar-refractivity contribution is 9.10. The average Bonchev–Trinajstić information content (AvgIpc) is 2.91. The van der Waals surface area contributed by atoms with E-state index in [-0.39, 0.29) is 11.9 Å². The largest absolute Gasteiger partial charge is 0.496 e. The Balaban J connectivity index is 2.18. The van der Waals surface area contributed by atoms with Crippen LogP contribution in [0.1, 0.15) is 39.2 Å². The van der Waals surface area contributed by atoms with Gasteiger partial charge in [-0.05, 0) is 39.3 Å². The molecule has 0 unspecified atom stereocenters. The van der Waals surface area contributed by atoms with E-state index in [1.807, 2.05) is 39.0 Å². The topological polar surface area (TPSA) is 67.9 Å². The maximum absolute atomic E-state index is 12.6. The Morgan fingerprint density at radius 1 is 1.40 bits per heavy atom. The molecule has 1 fully saturated rings. The van der Waals surface area contributed by atoms with E-state index in [9.17, 15) is 9.59 Å². The predicted octanol–water partition coefficient (Wildman–Crippen LogP) is 3.47. The van der Waals surface area contributed by atoms with Crippen molar-refractivity contribution in [3.05, 3.63) is 28.2 Å². The molecule has 1 aromatic rings. The summed E-state index contributed by atoms with van der Waals surface area (Å²) in [6.45, 7) is 6.25. The lowest BCUT2D eigenvalue weighted by Gasteiger charge is -2.29. The number of carbonyl (C=O) groups is 2. The highest BCUT2D eigenvalue weighted by Gasteiger charge is 2.28. The molecule has 1 aliphatic heterocycles. The Morgan fingerprint density at radius 3 is 2.68 bits per heavy atom. The van der Waals surface area contributed by atoms with Crippen LogP contribution in [0.3, 0.4) is 0 Å². The van der Waals surface area contributed by atoms with Crippen molar-refractivity contribution >= 4 is 27.9 Å². The van der Waals surface area contributed by atoms with Gasteiger partial charge in [-0.15, -0.1) is 0 Å². The standard InChI is InChI=1S/C18H25BrN2O4/c1-18(2,3)25-17(23)21(11-14-7-8-16(22)20-14)10-12-5-6-13(19)9-15(12)24-4/h5-6,9,14H,7-8,10-11H2,1-4H3,(H,20,22)/t14-/m0/s1. The first kappa shape index (κ1) is 19.6. The molecule has 0 aromatic heterocycles. The zero-order valence-corrected chi connectivity index (χ0v) is 16.7. The fraction of sp³-hybridized carbons (Fsp3) is 0.556. The molecule has 0 saturated carbocycles. The minimum atomic E-state index is -0.585. The van der Waals surface area contributed by atoms with Crippen molar-refractivity contribution in [2.75, 3.05) is 13.7 Å². The Morgan fingerprint density at radius 2 is 2.12 bits per heavy atom. The summed E-state index contributed by atoms with van der Waals surface area (Å²) in [4.78, 5) is 25.7. The van der Waals surface area contributed by atoms with Crippen molar-refractivity contribution in [3.63, 3.8) is 0 Å². The molecule has 0 bridgehead atoms. The lowest BCUT2D eigenvalue weighted by Crippen LogP contribution is -2.43. The molecule has 1 atom stereocenters. The fourth-order valence-electron chi connectivity index (χ4n) is 2.67. The van der Waals surface area contributed by atoms with Gasteiger partial charge in [0.2, 0.25) is 5.91 Å². The molecular weight excluding hydrogens is 388 g/mol. The van der Waals surface area contributed by atoms with Crippen LogP contribution in [-0.4, -0.2) is 42.2 Å². The Hall–Kier alpha value is -1.76. The molecule has 1 N–H and O–H groups in total. The third-order valence-electron chi connectivity index (χ3n) is 3.79. The van der Waals surface area contributed by atoms with E-state index in [4.69, 9.17) is 9.47 Å². The van der Waals surface area contributed by atoms with Gasteiger partial charge in [0.15, 0.2) is 0 Å². The van der Waals surface area contributed by atoms with Gasteiger partial charge in [0.25, 0.3) is 0 Å². The smallest absolute Gasteiger partial charge is 0.410 e. The maximum atomic E-state index is 12.6. The molecule has 1 saturated heterocycles. The summed E-state index contributed by atoms with van der Waals surface area (Å²) in [6, 6.07) is 5.62. The third-order valence-corrected chi connectivity index (χ3v) is 4.28. The van der Waals surface area contributed by atoms with Gasteiger partial charge >= 0.3 is 6.09 Å². The van der Waals surface area contributed by atoms with Crippen LogP contribution in [0, 0.1) is 0 Å². The van der Waals surface area contributed by atoms with Crippen LogP contribution in [0.5, 0.6) is 5.75 Å². The highest BCUT2D eigenvalue weighted by Crippen LogP contribution is 2.26. The SMILES string of the molecule is COc1cc(Br)ccc1CN(C[C@@H]1CCC(=O)N1)C(=O)OC(C)(C)C. The number of hydrogen-bond acceptors (Lipinski definition) is 4. The van der Waals surface area contributed by atoms with Crippen molar-refractivity contribution in [1.82, 2.24) is 10.2 Å². The van der Waals surface area contributed by atoms with Gasteiger partial charge < -0.3 is 19.7 Å². The normalized spacial score (nSPS) is 17.2. The first-order chi connectivity index (χ1) is 11.7. The van der Waals surface area contributed by atoms with Crippen molar-refractivity contribution in [3.8, 4) is 5.75 Å². The van der Waals surface area contributed by atoms with E-state index in [0.29, 0.717) is 25.3 Å². The number of rotatable bonds is 5. The van der Waals surface area contributed by atoms with Gasteiger partial charge in [0.05, 0.1) is 13.7 Å². The Bertz CT molecular complexity index is 642. The van der Waals surface area contributed by atoms with Gasteiger partial charge in [0, 0.05) is 29.0 Å². The first-order valence-corrected chi connectivity index (χ1v) is 9.07. The van der Waals surface area contributed by atoms with E-state index in [1.165, 1.54) is 0 Å². The summed E-state index contributed by atoms with van der Waals surface area (Å²) in [5, 5.41) is 2.90. The van der Waals surface area contributed by atoms with E-state index >= 15 is 0 Å². The second-order valence-corrected chi connectivity index (χ2v) is 8.04. The molecule has 2 amide bonds. The minimum absolute atomic E-state index is 0.0235. The van der Waals surface area contributed by atoms with Crippen molar-refractivity contribution < 1.29 is 19.1 Å². The summed E-state index contributed by atoms with van der Waals surface area (Å²) in [5.41, 5.74) is 0.291. The molecule has 25 heavy (non-hydrogen) atoms. The van der Waals surface area contributed by atoms with Crippen LogP contribution in [0.2, 0.25) is 0 Å². The van der Waals surface area contributed by atoms with Crippen molar-refractivity contribution in [2.24, 2.45) is 0 Å². The van der Waals surface area contributed by atoms with Gasteiger partial charge in [0.1, 0.15) is 11.4 Å². The molecule has 1 heterocycles. The minimum Gasteiger partial charge on any atom is -0.496 e. The van der Waals surface area contributed by atoms with E-state index < -0.39 is 11.7 Å². The van der Waals surface area contributed by atoms with Gasteiger partial charge in [-0.25, -0.2) is 4.79 Å². The molecule has 1 aliphatic rings. The van der Waals surface area contributed by atoms with Crippen molar-refractivity contribution in [2.45, 2.75) is 51.8 Å². The molecule has 7 heteroatoms. The van der Waals surface area contributed by atoms with Gasteiger partial charge in [-0.2, -0.15) is 0 Å². The lowest BCUT2D eigenvalue weighted by molar-refractivity contribution is -0.119. The van der Waals surface area contributed by atoms with E-state index in [1.54, 1.807) is 12.0 Å². The van der Waals surface area contributed by atoms with Crippen LogP contribution in [-0.2, 0) is 16.1 Å². The number of hydrogen-bond donors (Lipinski definition) is 1. The summed E-state index contributed by atoms with van der Waals surface area (Å²) in [6.07, 6.45) is 0.808. The molecule has 0 radical (unpaired) electrons. The zero-order valence-electron chi connectivity index (χ0n) is 15.1. The average molecular weight is 413 g/mol. The molecule has 0 spiro atoms. The van der Waals surface area contributed by atoms with Crippen LogP contribution in [0.25, 0.3) is 0 Å². The van der Waals surface area contributed by atoms with Crippen LogP contribution in [0.15, 0.2) is 22.7 Å². The van der Waals surface area contributed by atoms with Crippen LogP contribution >= 0.6 is 15.9 Å². The number of methoxy groups -OCH3 is 1. The predicted molar refractivity (Wildman–Crippen MR) is 98.5 cm³/mol. The third kappa shape index (κ3) is 5.92. The number of nitrogens with one attached hydrogen (secondary N) is 1. The highest BCUT2D eigenvalue weighted by atomic mass is 79.9. The monoisotopic (exact) mass is 412 g/mol. The summed E-state index contributed by atoms with van der Waals surface area (Å²) in [7, 11) is 1.60. The number of benzene rings is 1. The number of ether oxygens (including phenoxy) is 2. The van der Waals surface area contributed by atoms with Crippen LogP contribution < -0.4 is 10.1 Å². The fourth-order valence-corrected chi connectivity index (χ4v) is 3.01. The molecule has 1 aromatic carbocycles. The summed E-state index contributed by atoms with van der Waals surface area (Å²) in [5.74, 6) is 0.716. The van der Waals surface area contributed by atoms with Gasteiger partial charge in [-0.1, -0.05) is 22.0 Å². The Labute approximate surface area is 157 Å². The van der Waals surface area contributed by atoms with Crippen molar-refractivity contribution in [1.29, 1.82) is 0 Å². The van der Waals surface area contributed by atoms with E-state index in [0.717, 1.165) is 16.5 Å². The molecule has 0 aliphatic carbocycles. The maximum Gasteiger partial charge on any atom is 0.410 e. The number of halogens is 1. The molecular formula is C18H25BrN2O4. The first-order valence-electron chi connectivity index (χ1n) is 8.27. The number of nitrogens with zero attached hydrogens (tertiary/aromatic N) is 1. The summed E-state index contributed by atoms with van der Waals surface area (Å²) >= 11 is 3.42. The quantitative estimate of drug-likeness (QED) is 0.803. The summed E-state index contributed by atoms with van der Waals surface area (Å²) < 4.78 is 11.8. The zero-order chi connectivity index (χ0) is 18.6. The molecule has 2 rings (SSSR count). The number of amides is 2. The molecule has 138 valence electrons. The van der Waals surface area contributed by atoms with Crippen LogP contribution in [0.4, 0.5) is 4.79 Å². The molecule has 6 nitrogen and oxygen atoms in total. The van der Waals surface area contributed by atoms with Gasteiger partial charge in [-0.3, -0.25) is 4.79 Å². The lowest BCUT2D eigenvalue weighted by atomic mass is 10.1. The Kier molecular flexibility index (Phi) is 6.32. The van der Waals surface area contributed by atoms with E-state index in [2.05, 4.69) is 21.2 Å². The number of carbonyl (C=O) groups excluding carboxylic acids is 2. The second-order valence-electron chi connectivity index (χ2n) is 7.12. The second kappa shape index (κ2) is 8.08.